The molecule has 2 aromatic carbocycles. The molecular weight excluding hydrogens is 469 g/mol. The molecule has 0 radical (unpaired) electrons. The predicted octanol–water partition coefficient (Wildman–Crippen LogP) is 4.62. The van der Waals surface area contributed by atoms with Crippen molar-refractivity contribution in [3.63, 3.8) is 0 Å². The fourth-order valence-electron chi connectivity index (χ4n) is 4.79. The van der Waals surface area contributed by atoms with E-state index in [1.807, 2.05) is 12.2 Å². The summed E-state index contributed by atoms with van der Waals surface area (Å²) in [5, 5.41) is 17.1. The highest BCUT2D eigenvalue weighted by Gasteiger charge is 2.59. The molecule has 2 amide bonds. The number of imide groups is 1. The van der Waals surface area contributed by atoms with Gasteiger partial charge in [-0.2, -0.15) is 10.1 Å². The average molecular weight is 486 g/mol. The Bertz CT molecular complexity index is 1210. The molecule has 1 saturated carbocycles. The third-order valence-electron chi connectivity index (χ3n) is 6.34. The molecule has 4 atom stereocenters. The van der Waals surface area contributed by atoms with Crippen LogP contribution >= 0.6 is 23.2 Å². The normalized spacial score (nSPS) is 25.3. The third kappa shape index (κ3) is 3.79. The molecule has 1 aliphatic heterocycles. The number of hydrogen-bond donors (Lipinski definition) is 0. The van der Waals surface area contributed by atoms with Crippen LogP contribution in [0.4, 0.5) is 5.69 Å². The minimum atomic E-state index is -0.542. The lowest BCUT2D eigenvalue weighted by molar-refractivity contribution is -0.384. The quantitative estimate of drug-likeness (QED) is 0.195. The first-order chi connectivity index (χ1) is 15.8. The topological polar surface area (TPSA) is 102 Å². The van der Waals surface area contributed by atoms with Gasteiger partial charge in [0.1, 0.15) is 12.4 Å². The molecule has 0 N–H and O–H groups in total. The summed E-state index contributed by atoms with van der Waals surface area (Å²) < 4.78 is 5.83. The van der Waals surface area contributed by atoms with Crippen LogP contribution in [0.15, 0.2) is 53.7 Å². The summed E-state index contributed by atoms with van der Waals surface area (Å²) in [5.41, 5.74) is 0.839. The number of carbonyl (C=O) groups is 2. The molecule has 0 spiro atoms. The minimum absolute atomic E-state index is 0.0690. The highest BCUT2D eigenvalue weighted by molar-refractivity contribution is 6.42. The van der Waals surface area contributed by atoms with Gasteiger partial charge in [-0.05, 0) is 42.0 Å². The molecule has 2 aromatic rings. The third-order valence-corrected chi connectivity index (χ3v) is 7.08. The summed E-state index contributed by atoms with van der Waals surface area (Å²) in [6.07, 6.45) is 6.07. The highest BCUT2D eigenvalue weighted by Crippen LogP contribution is 2.52. The van der Waals surface area contributed by atoms with E-state index in [2.05, 4.69) is 5.10 Å². The van der Waals surface area contributed by atoms with Crippen LogP contribution in [0.3, 0.4) is 0 Å². The van der Waals surface area contributed by atoms with Gasteiger partial charge in [0.15, 0.2) is 0 Å². The second kappa shape index (κ2) is 8.28. The largest absolute Gasteiger partial charge is 0.488 e. The van der Waals surface area contributed by atoms with Crippen molar-refractivity contribution in [2.24, 2.45) is 28.8 Å². The van der Waals surface area contributed by atoms with E-state index in [1.54, 1.807) is 18.2 Å². The van der Waals surface area contributed by atoms with Crippen LogP contribution in [0, 0.1) is 33.8 Å². The van der Waals surface area contributed by atoms with Gasteiger partial charge in [0.05, 0.1) is 33.0 Å². The molecule has 1 heterocycles. The number of non-ortho nitro benzene ring substituents is 1. The Hall–Kier alpha value is -3.23. The van der Waals surface area contributed by atoms with E-state index >= 15 is 0 Å². The molecule has 2 aliphatic carbocycles. The van der Waals surface area contributed by atoms with E-state index < -0.39 is 4.92 Å². The van der Waals surface area contributed by atoms with Gasteiger partial charge in [0.2, 0.25) is 0 Å². The standard InChI is InChI=1S/C23H17Cl2N3O5/c24-17-5-1-12(7-18(17)25)11-33-19-6-4-16(28(31)32)9-15(19)10-26-27-22(29)20-13-2-3-14(8-13)21(20)23(27)30/h1-7,9-10,13-14,20-21H,8,11H2. The fourth-order valence-corrected chi connectivity index (χ4v) is 5.11. The van der Waals surface area contributed by atoms with Crippen LogP contribution in [-0.4, -0.2) is 28.0 Å². The van der Waals surface area contributed by atoms with Crippen LogP contribution in [0.5, 0.6) is 5.75 Å². The lowest BCUT2D eigenvalue weighted by Gasteiger charge is -2.13. The van der Waals surface area contributed by atoms with Gasteiger partial charge in [-0.1, -0.05) is 41.4 Å². The Morgan fingerprint density at radius 3 is 2.39 bits per heavy atom. The lowest BCUT2D eigenvalue weighted by Crippen LogP contribution is -2.28. The number of benzene rings is 2. The maximum atomic E-state index is 12.8. The summed E-state index contributed by atoms with van der Waals surface area (Å²) in [6, 6.07) is 9.09. The lowest BCUT2D eigenvalue weighted by atomic mass is 9.85. The van der Waals surface area contributed by atoms with Crippen molar-refractivity contribution < 1.29 is 19.2 Å². The molecule has 1 saturated heterocycles. The van der Waals surface area contributed by atoms with E-state index in [1.165, 1.54) is 24.4 Å². The Morgan fingerprint density at radius 1 is 1.06 bits per heavy atom. The summed E-state index contributed by atoms with van der Waals surface area (Å²) in [5.74, 6) is -0.973. The summed E-state index contributed by atoms with van der Waals surface area (Å²) in [6.45, 7) is 0.121. The van der Waals surface area contributed by atoms with Crippen LogP contribution < -0.4 is 4.74 Å². The van der Waals surface area contributed by atoms with Gasteiger partial charge in [0.25, 0.3) is 17.5 Å². The Morgan fingerprint density at radius 2 is 1.76 bits per heavy atom. The van der Waals surface area contributed by atoms with Crippen LogP contribution in [0.1, 0.15) is 17.5 Å². The number of hydrazone groups is 1. The monoisotopic (exact) mass is 485 g/mol. The minimum Gasteiger partial charge on any atom is -0.488 e. The number of nitro benzene ring substituents is 1. The first-order valence-corrected chi connectivity index (χ1v) is 11.0. The summed E-state index contributed by atoms with van der Waals surface area (Å²) in [7, 11) is 0. The number of carbonyl (C=O) groups excluding carboxylic acids is 2. The maximum Gasteiger partial charge on any atom is 0.270 e. The second-order valence-electron chi connectivity index (χ2n) is 8.25. The average Bonchev–Trinajstić information content (AvgIpc) is 3.47. The van der Waals surface area contributed by atoms with Crippen molar-refractivity contribution in [1.29, 1.82) is 0 Å². The first kappa shape index (κ1) is 21.6. The Balaban J connectivity index is 1.39. The van der Waals surface area contributed by atoms with E-state index in [-0.39, 0.29) is 53.3 Å². The number of ether oxygens (including phenoxy) is 1. The van der Waals surface area contributed by atoms with Crippen molar-refractivity contribution in [2.45, 2.75) is 13.0 Å². The zero-order valence-corrected chi connectivity index (χ0v) is 18.6. The van der Waals surface area contributed by atoms with E-state index in [9.17, 15) is 19.7 Å². The molecule has 10 heteroatoms. The summed E-state index contributed by atoms with van der Waals surface area (Å²) in [4.78, 5) is 36.4. The van der Waals surface area contributed by atoms with Gasteiger partial charge in [-0.25, -0.2) is 0 Å². The van der Waals surface area contributed by atoms with Crippen LogP contribution in [0.2, 0.25) is 10.0 Å². The number of halogens is 2. The number of nitrogens with zero attached hydrogens (tertiary/aromatic N) is 3. The zero-order valence-electron chi connectivity index (χ0n) is 17.1. The maximum absolute atomic E-state index is 12.8. The Kier molecular flexibility index (Phi) is 5.42. The van der Waals surface area contributed by atoms with Crippen molar-refractivity contribution in [2.75, 3.05) is 0 Å². The number of amides is 2. The molecular formula is C23H17Cl2N3O5. The van der Waals surface area contributed by atoms with E-state index in [0.717, 1.165) is 17.0 Å². The number of hydrogen-bond acceptors (Lipinski definition) is 6. The van der Waals surface area contributed by atoms with Crippen molar-refractivity contribution in [1.82, 2.24) is 5.01 Å². The number of allylic oxidation sites excluding steroid dienone is 2. The van der Waals surface area contributed by atoms with Gasteiger partial charge in [-0.3, -0.25) is 19.7 Å². The van der Waals surface area contributed by atoms with Crippen molar-refractivity contribution in [3.8, 4) is 5.75 Å². The molecule has 33 heavy (non-hydrogen) atoms. The molecule has 2 bridgehead atoms. The molecule has 2 fully saturated rings. The SMILES string of the molecule is O=C1C2C3C=CC(C3)C2C(=O)N1N=Cc1cc([N+](=O)[O-])ccc1OCc1ccc(Cl)c(Cl)c1. The van der Waals surface area contributed by atoms with Gasteiger partial charge < -0.3 is 4.74 Å². The van der Waals surface area contributed by atoms with E-state index in [0.29, 0.717) is 15.8 Å². The van der Waals surface area contributed by atoms with Gasteiger partial charge in [-0.15, -0.1) is 0 Å². The fraction of sp³-hybridized carbons (Fsp3) is 0.261. The number of fused-ring (bicyclic) bond motifs is 5. The van der Waals surface area contributed by atoms with Gasteiger partial charge >= 0.3 is 0 Å². The second-order valence-corrected chi connectivity index (χ2v) is 9.06. The molecule has 0 aromatic heterocycles. The number of rotatable bonds is 6. The molecule has 4 unspecified atom stereocenters. The highest BCUT2D eigenvalue weighted by atomic mass is 35.5. The smallest absolute Gasteiger partial charge is 0.270 e. The van der Waals surface area contributed by atoms with Gasteiger partial charge in [0, 0.05) is 17.7 Å². The molecule has 168 valence electrons. The first-order valence-electron chi connectivity index (χ1n) is 10.3. The molecule has 8 nitrogen and oxygen atoms in total. The van der Waals surface area contributed by atoms with Crippen molar-refractivity contribution in [3.05, 3.63) is 79.8 Å². The Labute approximate surface area is 198 Å². The molecule has 3 aliphatic rings. The van der Waals surface area contributed by atoms with Crippen molar-refractivity contribution >= 4 is 46.9 Å². The number of nitro groups is 1. The van der Waals surface area contributed by atoms with E-state index in [4.69, 9.17) is 27.9 Å². The summed E-state index contributed by atoms with van der Waals surface area (Å²) >= 11 is 12.0. The zero-order chi connectivity index (χ0) is 23.3. The molecule has 5 rings (SSSR count). The van der Waals surface area contributed by atoms with Crippen LogP contribution in [0.25, 0.3) is 0 Å². The van der Waals surface area contributed by atoms with Crippen LogP contribution in [-0.2, 0) is 16.2 Å². The predicted molar refractivity (Wildman–Crippen MR) is 121 cm³/mol.